The van der Waals surface area contributed by atoms with E-state index in [4.69, 9.17) is 9.47 Å². The molecule has 100 valence electrons. The van der Waals surface area contributed by atoms with Crippen molar-refractivity contribution < 1.29 is 9.47 Å². The SMILES string of the molecule is COCOc1ccc2cccc([S+]3CCCC3)c2c1. The van der Waals surface area contributed by atoms with Crippen molar-refractivity contribution in [2.45, 2.75) is 17.7 Å². The van der Waals surface area contributed by atoms with Crippen molar-refractivity contribution in [3.8, 4) is 5.75 Å². The molecular weight excluding hydrogens is 256 g/mol. The van der Waals surface area contributed by atoms with Gasteiger partial charge in [0.1, 0.15) is 17.3 Å². The van der Waals surface area contributed by atoms with E-state index in [2.05, 4.69) is 30.3 Å². The van der Waals surface area contributed by atoms with E-state index in [0.29, 0.717) is 17.7 Å². The lowest BCUT2D eigenvalue weighted by Gasteiger charge is -2.08. The van der Waals surface area contributed by atoms with E-state index in [1.165, 1.54) is 40.0 Å². The average molecular weight is 275 g/mol. The van der Waals surface area contributed by atoms with Crippen molar-refractivity contribution >= 4 is 21.7 Å². The molecule has 0 spiro atoms. The Bertz CT molecular complexity index is 562. The molecule has 2 aromatic carbocycles. The molecule has 1 saturated heterocycles. The van der Waals surface area contributed by atoms with E-state index < -0.39 is 0 Å². The van der Waals surface area contributed by atoms with Gasteiger partial charge in [-0.3, -0.25) is 0 Å². The molecule has 1 aliphatic heterocycles. The Hall–Kier alpha value is -1.19. The monoisotopic (exact) mass is 275 g/mol. The topological polar surface area (TPSA) is 18.5 Å². The molecule has 0 aromatic heterocycles. The molecule has 3 rings (SSSR count). The zero-order valence-corrected chi connectivity index (χ0v) is 12.0. The van der Waals surface area contributed by atoms with Crippen LogP contribution in [0.2, 0.25) is 0 Å². The van der Waals surface area contributed by atoms with Crippen LogP contribution in [0.5, 0.6) is 5.75 Å². The lowest BCUT2D eigenvalue weighted by Crippen LogP contribution is -2.04. The Kier molecular flexibility index (Phi) is 3.95. The Labute approximate surface area is 117 Å². The zero-order valence-electron chi connectivity index (χ0n) is 11.2. The van der Waals surface area contributed by atoms with Gasteiger partial charge in [-0.1, -0.05) is 18.2 Å². The number of hydrogen-bond acceptors (Lipinski definition) is 2. The van der Waals surface area contributed by atoms with Gasteiger partial charge in [0.05, 0.1) is 0 Å². The predicted molar refractivity (Wildman–Crippen MR) is 81.1 cm³/mol. The maximum absolute atomic E-state index is 5.56. The highest BCUT2D eigenvalue weighted by atomic mass is 32.2. The van der Waals surface area contributed by atoms with Crippen LogP contribution in [0.25, 0.3) is 10.8 Å². The fourth-order valence-corrected chi connectivity index (χ4v) is 5.07. The minimum Gasteiger partial charge on any atom is -0.468 e. The summed E-state index contributed by atoms with van der Waals surface area (Å²) in [5.41, 5.74) is 0. The Morgan fingerprint density at radius 2 is 1.95 bits per heavy atom. The van der Waals surface area contributed by atoms with Crippen molar-refractivity contribution in [1.29, 1.82) is 0 Å². The molecule has 19 heavy (non-hydrogen) atoms. The van der Waals surface area contributed by atoms with Crippen LogP contribution < -0.4 is 4.74 Å². The number of methoxy groups -OCH3 is 1. The summed E-state index contributed by atoms with van der Waals surface area (Å²) in [4.78, 5) is 1.51. The highest BCUT2D eigenvalue weighted by Crippen LogP contribution is 2.31. The third-order valence-electron chi connectivity index (χ3n) is 3.50. The van der Waals surface area contributed by atoms with Crippen LogP contribution in [0, 0.1) is 0 Å². The summed E-state index contributed by atoms with van der Waals surface area (Å²) in [5.74, 6) is 3.59. The van der Waals surface area contributed by atoms with Crippen LogP contribution >= 0.6 is 0 Å². The Balaban J connectivity index is 2.00. The molecule has 0 saturated carbocycles. The van der Waals surface area contributed by atoms with E-state index in [1.54, 1.807) is 7.11 Å². The van der Waals surface area contributed by atoms with Gasteiger partial charge in [-0.25, -0.2) is 0 Å². The van der Waals surface area contributed by atoms with Crippen molar-refractivity contribution in [2.75, 3.05) is 25.4 Å². The molecule has 0 aliphatic carbocycles. The molecule has 1 aliphatic rings. The Morgan fingerprint density at radius 3 is 2.74 bits per heavy atom. The summed E-state index contributed by atoms with van der Waals surface area (Å²) < 4.78 is 10.5. The van der Waals surface area contributed by atoms with Gasteiger partial charge in [-0.2, -0.15) is 0 Å². The summed E-state index contributed by atoms with van der Waals surface area (Å²) in [7, 11) is 2.08. The van der Waals surface area contributed by atoms with Crippen LogP contribution in [0.3, 0.4) is 0 Å². The third kappa shape index (κ3) is 2.72. The molecule has 0 unspecified atom stereocenters. The molecule has 0 bridgehead atoms. The highest BCUT2D eigenvalue weighted by Gasteiger charge is 2.28. The largest absolute Gasteiger partial charge is 0.468 e. The number of hydrogen-bond donors (Lipinski definition) is 0. The summed E-state index contributed by atoms with van der Waals surface area (Å²) in [6.45, 7) is 0.305. The number of rotatable bonds is 4. The molecular formula is C16H19O2S+. The molecule has 1 heterocycles. The zero-order chi connectivity index (χ0) is 13.1. The average Bonchev–Trinajstić information content (AvgIpc) is 2.98. The molecule has 0 amide bonds. The molecule has 0 radical (unpaired) electrons. The minimum atomic E-state index is 0.305. The smallest absolute Gasteiger partial charge is 0.188 e. The standard InChI is InChI=1S/C16H19O2S/c1-17-12-18-14-8-7-13-5-4-6-16(15(13)11-14)19-9-2-3-10-19/h4-8,11H,2-3,9-10,12H2,1H3/q+1. The van der Waals surface area contributed by atoms with Crippen molar-refractivity contribution in [3.05, 3.63) is 36.4 Å². The van der Waals surface area contributed by atoms with Crippen LogP contribution in [0.1, 0.15) is 12.8 Å². The maximum atomic E-state index is 5.56. The third-order valence-corrected chi connectivity index (χ3v) is 6.04. The fraction of sp³-hybridized carbons (Fsp3) is 0.375. The van der Waals surface area contributed by atoms with Gasteiger partial charge in [0, 0.05) is 23.4 Å². The van der Waals surface area contributed by atoms with Gasteiger partial charge >= 0.3 is 0 Å². The second-order valence-electron chi connectivity index (χ2n) is 4.80. The predicted octanol–water partition coefficient (Wildman–Crippen LogP) is 3.59. The van der Waals surface area contributed by atoms with Crippen LogP contribution in [-0.2, 0) is 15.6 Å². The first-order chi connectivity index (χ1) is 9.38. The number of ether oxygens (including phenoxy) is 2. The number of fused-ring (bicyclic) bond motifs is 1. The molecule has 2 nitrogen and oxygen atoms in total. The maximum Gasteiger partial charge on any atom is 0.188 e. The van der Waals surface area contributed by atoms with E-state index >= 15 is 0 Å². The van der Waals surface area contributed by atoms with Gasteiger partial charge in [-0.15, -0.1) is 0 Å². The van der Waals surface area contributed by atoms with Crippen LogP contribution in [0.4, 0.5) is 0 Å². The van der Waals surface area contributed by atoms with Crippen molar-refractivity contribution in [1.82, 2.24) is 0 Å². The molecule has 0 atom stereocenters. The first-order valence-corrected chi connectivity index (χ1v) is 8.27. The Morgan fingerprint density at radius 1 is 1.11 bits per heavy atom. The summed E-state index contributed by atoms with van der Waals surface area (Å²) in [6.07, 6.45) is 2.75. The molecule has 0 N–H and O–H groups in total. The lowest BCUT2D eigenvalue weighted by molar-refractivity contribution is 0.0512. The van der Waals surface area contributed by atoms with Crippen molar-refractivity contribution in [3.63, 3.8) is 0 Å². The highest BCUT2D eigenvalue weighted by molar-refractivity contribution is 7.97. The molecule has 1 fully saturated rings. The van der Waals surface area contributed by atoms with E-state index in [0.717, 1.165) is 5.75 Å². The van der Waals surface area contributed by atoms with E-state index in [-0.39, 0.29) is 0 Å². The van der Waals surface area contributed by atoms with Gasteiger partial charge in [0.2, 0.25) is 0 Å². The van der Waals surface area contributed by atoms with Crippen LogP contribution in [0.15, 0.2) is 41.3 Å². The summed E-state index contributed by atoms with van der Waals surface area (Å²) >= 11 is 0. The number of benzene rings is 2. The first-order valence-electron chi connectivity index (χ1n) is 6.70. The van der Waals surface area contributed by atoms with Gasteiger partial charge in [-0.05, 0) is 36.4 Å². The minimum absolute atomic E-state index is 0.305. The lowest BCUT2D eigenvalue weighted by atomic mass is 10.1. The summed E-state index contributed by atoms with van der Waals surface area (Å²) in [5, 5.41) is 2.66. The molecule has 3 heteroatoms. The molecule has 2 aromatic rings. The van der Waals surface area contributed by atoms with Crippen molar-refractivity contribution in [2.24, 2.45) is 0 Å². The second kappa shape index (κ2) is 5.85. The quantitative estimate of drug-likeness (QED) is 0.627. The first kappa shape index (κ1) is 12.8. The van der Waals surface area contributed by atoms with Crippen LogP contribution in [-0.4, -0.2) is 25.4 Å². The normalized spacial score (nSPS) is 16.1. The van der Waals surface area contributed by atoms with Gasteiger partial charge in [0.15, 0.2) is 11.7 Å². The summed E-state index contributed by atoms with van der Waals surface area (Å²) in [6, 6.07) is 13.0. The second-order valence-corrected chi connectivity index (χ2v) is 7.04. The van der Waals surface area contributed by atoms with E-state index in [9.17, 15) is 0 Å². The van der Waals surface area contributed by atoms with E-state index in [1.807, 2.05) is 6.07 Å². The van der Waals surface area contributed by atoms with Gasteiger partial charge in [0.25, 0.3) is 0 Å². The van der Waals surface area contributed by atoms with Gasteiger partial charge < -0.3 is 9.47 Å². The fourth-order valence-electron chi connectivity index (χ4n) is 2.57.